The third-order valence-corrected chi connectivity index (χ3v) is 6.29. The first-order valence-electron chi connectivity index (χ1n) is 8.54. The van der Waals surface area contributed by atoms with Gasteiger partial charge in [-0.1, -0.05) is 24.6 Å². The second-order valence-corrected chi connectivity index (χ2v) is 8.16. The molecule has 8 nitrogen and oxygen atoms in total. The van der Waals surface area contributed by atoms with Crippen molar-refractivity contribution in [3.8, 4) is 0 Å². The van der Waals surface area contributed by atoms with Crippen LogP contribution in [0, 0.1) is 10.1 Å². The summed E-state index contributed by atoms with van der Waals surface area (Å²) in [6.07, 6.45) is 2.64. The number of amides is 1. The van der Waals surface area contributed by atoms with Crippen molar-refractivity contribution >= 4 is 27.3 Å². The van der Waals surface area contributed by atoms with Crippen molar-refractivity contribution in [2.45, 2.75) is 24.2 Å². The molecule has 0 atom stereocenters. The Morgan fingerprint density at radius 1 is 1.04 bits per heavy atom. The number of carbonyl (C=O) groups is 1. The highest BCUT2D eigenvalue weighted by Crippen LogP contribution is 2.25. The summed E-state index contributed by atoms with van der Waals surface area (Å²) in [5, 5.41) is 13.5. The highest BCUT2D eigenvalue weighted by atomic mass is 32.2. The zero-order chi connectivity index (χ0) is 19.4. The molecule has 9 heteroatoms. The van der Waals surface area contributed by atoms with E-state index < -0.39 is 20.9 Å². The van der Waals surface area contributed by atoms with Gasteiger partial charge in [0.05, 0.1) is 9.82 Å². The maximum absolute atomic E-state index is 12.8. The fourth-order valence-electron chi connectivity index (χ4n) is 2.99. The molecule has 1 N–H and O–H groups in total. The molecule has 2 aromatic rings. The van der Waals surface area contributed by atoms with Gasteiger partial charge < -0.3 is 5.32 Å². The largest absolute Gasteiger partial charge is 0.316 e. The number of hydrogen-bond acceptors (Lipinski definition) is 5. The van der Waals surface area contributed by atoms with Gasteiger partial charge in [0.2, 0.25) is 10.0 Å². The maximum Gasteiger partial charge on any atom is 0.292 e. The topological polar surface area (TPSA) is 110 Å². The zero-order valence-electron chi connectivity index (χ0n) is 14.5. The molecule has 2 aromatic carbocycles. The minimum atomic E-state index is -3.67. The number of carbonyl (C=O) groups excluding carboxylic acids is 1. The average Bonchev–Trinajstić information content (AvgIpc) is 2.69. The van der Waals surface area contributed by atoms with Gasteiger partial charge in [0.15, 0.2) is 0 Å². The van der Waals surface area contributed by atoms with E-state index in [4.69, 9.17) is 0 Å². The first-order chi connectivity index (χ1) is 12.9. The van der Waals surface area contributed by atoms with E-state index >= 15 is 0 Å². The first kappa shape index (κ1) is 19.0. The van der Waals surface area contributed by atoms with Gasteiger partial charge in [0, 0.05) is 24.7 Å². The van der Waals surface area contributed by atoms with E-state index in [1.807, 2.05) is 0 Å². The molecule has 1 aliphatic heterocycles. The molecule has 0 bridgehead atoms. The Bertz CT molecular complexity index is 968. The molecule has 142 valence electrons. The number of para-hydroxylation sites is 2. The second-order valence-electron chi connectivity index (χ2n) is 6.22. The number of hydrogen-bond donors (Lipinski definition) is 1. The number of nitro benzene ring substituents is 1. The monoisotopic (exact) mass is 389 g/mol. The van der Waals surface area contributed by atoms with E-state index in [-0.39, 0.29) is 21.8 Å². The lowest BCUT2D eigenvalue weighted by atomic mass is 10.2. The number of anilines is 1. The van der Waals surface area contributed by atoms with Gasteiger partial charge in [-0.3, -0.25) is 14.9 Å². The SMILES string of the molecule is O=C(Nc1ccccc1[N+](=O)[O-])c1cccc(S(=O)(=O)N2CCCCC2)c1. The Morgan fingerprint density at radius 3 is 2.44 bits per heavy atom. The smallest absolute Gasteiger partial charge is 0.292 e. The molecule has 27 heavy (non-hydrogen) atoms. The quantitative estimate of drug-likeness (QED) is 0.624. The van der Waals surface area contributed by atoms with Crippen molar-refractivity contribution < 1.29 is 18.1 Å². The van der Waals surface area contributed by atoms with Crippen molar-refractivity contribution in [2.75, 3.05) is 18.4 Å². The number of nitrogens with zero attached hydrogens (tertiary/aromatic N) is 2. The van der Waals surface area contributed by atoms with E-state index in [2.05, 4.69) is 5.32 Å². The van der Waals surface area contributed by atoms with Crippen LogP contribution in [0.5, 0.6) is 0 Å². The van der Waals surface area contributed by atoms with Crippen LogP contribution in [0.15, 0.2) is 53.4 Å². The van der Waals surface area contributed by atoms with E-state index in [0.29, 0.717) is 13.1 Å². The summed E-state index contributed by atoms with van der Waals surface area (Å²) >= 11 is 0. The molecule has 3 rings (SSSR count). The maximum atomic E-state index is 12.8. The number of nitrogens with one attached hydrogen (secondary N) is 1. The molecule has 0 saturated carbocycles. The molecular formula is C18H19N3O5S. The van der Waals surface area contributed by atoms with Crippen molar-refractivity contribution in [3.05, 3.63) is 64.2 Å². The molecule has 1 saturated heterocycles. The van der Waals surface area contributed by atoms with E-state index in [1.165, 1.54) is 46.8 Å². The molecular weight excluding hydrogens is 370 g/mol. The Labute approximate surface area is 157 Å². The Morgan fingerprint density at radius 2 is 1.74 bits per heavy atom. The summed E-state index contributed by atoms with van der Waals surface area (Å²) in [6, 6.07) is 11.5. The molecule has 1 amide bonds. The number of nitro groups is 1. The number of rotatable bonds is 5. The van der Waals surface area contributed by atoms with Crippen LogP contribution in [-0.4, -0.2) is 36.6 Å². The van der Waals surface area contributed by atoms with E-state index in [0.717, 1.165) is 19.3 Å². The minimum absolute atomic E-state index is 0.0413. The third-order valence-electron chi connectivity index (χ3n) is 4.40. The summed E-state index contributed by atoms with van der Waals surface area (Å²) in [6.45, 7) is 0.934. The first-order valence-corrected chi connectivity index (χ1v) is 9.98. The lowest BCUT2D eigenvalue weighted by molar-refractivity contribution is -0.383. The molecule has 0 aromatic heterocycles. The summed E-state index contributed by atoms with van der Waals surface area (Å²) in [7, 11) is -3.67. The van der Waals surface area contributed by atoms with Crippen LogP contribution in [0.25, 0.3) is 0 Å². The van der Waals surface area contributed by atoms with Crippen LogP contribution in [0.3, 0.4) is 0 Å². The summed E-state index contributed by atoms with van der Waals surface area (Å²) in [4.78, 5) is 23.0. The van der Waals surface area contributed by atoms with Gasteiger partial charge in [-0.15, -0.1) is 0 Å². The van der Waals surface area contributed by atoms with Crippen molar-refractivity contribution in [2.24, 2.45) is 0 Å². The van der Waals surface area contributed by atoms with Crippen LogP contribution < -0.4 is 5.32 Å². The van der Waals surface area contributed by atoms with E-state index in [1.54, 1.807) is 6.07 Å². The van der Waals surface area contributed by atoms with Gasteiger partial charge >= 0.3 is 0 Å². The van der Waals surface area contributed by atoms with Crippen molar-refractivity contribution in [1.29, 1.82) is 0 Å². The normalized spacial score (nSPS) is 15.3. The molecule has 1 heterocycles. The summed E-state index contributed by atoms with van der Waals surface area (Å²) in [5.41, 5.74) is -0.0639. The summed E-state index contributed by atoms with van der Waals surface area (Å²) < 4.78 is 27.0. The van der Waals surface area contributed by atoms with Crippen LogP contribution in [0.1, 0.15) is 29.6 Å². The molecule has 0 unspecified atom stereocenters. The lowest BCUT2D eigenvalue weighted by Crippen LogP contribution is -2.35. The fraction of sp³-hybridized carbons (Fsp3) is 0.278. The van der Waals surface area contributed by atoms with Gasteiger partial charge in [-0.2, -0.15) is 4.31 Å². The number of benzene rings is 2. The van der Waals surface area contributed by atoms with Crippen LogP contribution in [-0.2, 0) is 10.0 Å². The van der Waals surface area contributed by atoms with E-state index in [9.17, 15) is 23.3 Å². The lowest BCUT2D eigenvalue weighted by Gasteiger charge is -2.26. The van der Waals surface area contributed by atoms with Gasteiger partial charge in [0.1, 0.15) is 5.69 Å². The minimum Gasteiger partial charge on any atom is -0.316 e. The number of piperidine rings is 1. The van der Waals surface area contributed by atoms with Gasteiger partial charge in [0.25, 0.3) is 11.6 Å². The average molecular weight is 389 g/mol. The predicted octanol–water partition coefficient (Wildman–Crippen LogP) is 3.02. The predicted molar refractivity (Wildman–Crippen MR) is 100 cm³/mol. The Balaban J connectivity index is 1.85. The molecule has 1 fully saturated rings. The van der Waals surface area contributed by atoms with Crippen LogP contribution >= 0.6 is 0 Å². The molecule has 0 radical (unpaired) electrons. The second kappa shape index (κ2) is 7.85. The highest BCUT2D eigenvalue weighted by Gasteiger charge is 2.26. The number of sulfonamides is 1. The fourth-order valence-corrected chi connectivity index (χ4v) is 4.55. The van der Waals surface area contributed by atoms with Crippen molar-refractivity contribution in [1.82, 2.24) is 4.31 Å². The molecule has 0 spiro atoms. The standard InChI is InChI=1S/C18H19N3O5S/c22-18(19-16-9-2-3-10-17(16)21(23)24)14-7-6-8-15(13-14)27(25,26)20-11-4-1-5-12-20/h2-3,6-10,13H,1,4-5,11-12H2,(H,19,22). The third kappa shape index (κ3) is 4.15. The summed E-state index contributed by atoms with van der Waals surface area (Å²) in [5.74, 6) is -0.611. The Hall–Kier alpha value is -2.78. The molecule has 0 aliphatic carbocycles. The van der Waals surface area contributed by atoms with Crippen LogP contribution in [0.4, 0.5) is 11.4 Å². The molecule has 1 aliphatic rings. The highest BCUT2D eigenvalue weighted by molar-refractivity contribution is 7.89. The van der Waals surface area contributed by atoms with Gasteiger partial charge in [-0.05, 0) is 37.1 Å². The van der Waals surface area contributed by atoms with Gasteiger partial charge in [-0.25, -0.2) is 8.42 Å². The van der Waals surface area contributed by atoms with Crippen molar-refractivity contribution in [3.63, 3.8) is 0 Å². The zero-order valence-corrected chi connectivity index (χ0v) is 15.3. The van der Waals surface area contributed by atoms with Crippen LogP contribution in [0.2, 0.25) is 0 Å². The Kier molecular flexibility index (Phi) is 5.52.